The van der Waals surface area contributed by atoms with Crippen LogP contribution >= 0.6 is 0 Å². The number of nitrogens with one attached hydrogen (secondary N) is 1. The monoisotopic (exact) mass is 295 g/mol. The summed E-state index contributed by atoms with van der Waals surface area (Å²) in [6.45, 7) is 0.267. The number of hydrogen-bond acceptors (Lipinski definition) is 3. The highest BCUT2D eigenvalue weighted by Gasteiger charge is 2.20. The molecule has 0 bridgehead atoms. The number of aromatic nitrogens is 2. The van der Waals surface area contributed by atoms with Crippen molar-refractivity contribution in [3.63, 3.8) is 0 Å². The summed E-state index contributed by atoms with van der Waals surface area (Å²) in [5.74, 6) is 0.432. The Bertz CT molecular complexity index is 831. The molecule has 1 aromatic carbocycles. The molecule has 22 heavy (non-hydrogen) atoms. The van der Waals surface area contributed by atoms with E-state index in [1.165, 1.54) is 0 Å². The molecule has 0 aliphatic heterocycles. The summed E-state index contributed by atoms with van der Waals surface area (Å²) in [6.07, 6.45) is 6.07. The van der Waals surface area contributed by atoms with Gasteiger partial charge >= 0.3 is 0 Å². The Morgan fingerprint density at radius 3 is 3.05 bits per heavy atom. The average molecular weight is 295 g/mol. The maximum absolute atomic E-state index is 12.3. The van der Waals surface area contributed by atoms with Gasteiger partial charge in [0.25, 0.3) is 0 Å². The normalized spacial score (nSPS) is 14.0. The van der Waals surface area contributed by atoms with Crippen molar-refractivity contribution >= 4 is 22.7 Å². The second-order valence-electron chi connectivity index (χ2n) is 5.69. The predicted octanol–water partition coefficient (Wildman–Crippen LogP) is 3.15. The van der Waals surface area contributed by atoms with E-state index in [1.54, 1.807) is 0 Å². The van der Waals surface area contributed by atoms with Gasteiger partial charge in [-0.2, -0.15) is 0 Å². The third-order valence-corrected chi connectivity index (χ3v) is 4.21. The molecule has 1 aliphatic carbocycles. The van der Waals surface area contributed by atoms with Crippen LogP contribution in [0.25, 0.3) is 10.9 Å². The SMILES string of the molecule is O=C(Cn1ccc2ccccc21)Nc1onc2c1CCCC2. The Kier molecular flexibility index (Phi) is 3.18. The Labute approximate surface area is 127 Å². The summed E-state index contributed by atoms with van der Waals surface area (Å²) >= 11 is 0. The quantitative estimate of drug-likeness (QED) is 0.807. The summed E-state index contributed by atoms with van der Waals surface area (Å²) < 4.78 is 7.24. The predicted molar refractivity (Wildman–Crippen MR) is 83.7 cm³/mol. The molecule has 2 heterocycles. The molecule has 0 radical (unpaired) electrons. The fourth-order valence-corrected chi connectivity index (χ4v) is 3.09. The maximum Gasteiger partial charge on any atom is 0.246 e. The van der Waals surface area contributed by atoms with Crippen molar-refractivity contribution in [1.82, 2.24) is 9.72 Å². The van der Waals surface area contributed by atoms with Crippen LogP contribution in [-0.4, -0.2) is 15.6 Å². The van der Waals surface area contributed by atoms with Crippen LogP contribution in [0.15, 0.2) is 41.1 Å². The van der Waals surface area contributed by atoms with Gasteiger partial charge in [-0.15, -0.1) is 0 Å². The number of hydrogen-bond donors (Lipinski definition) is 1. The largest absolute Gasteiger partial charge is 0.338 e. The number of aryl methyl sites for hydroxylation is 1. The van der Waals surface area contributed by atoms with Crippen molar-refractivity contribution in [2.75, 3.05) is 5.32 Å². The van der Waals surface area contributed by atoms with Gasteiger partial charge < -0.3 is 9.09 Å². The summed E-state index contributed by atoms with van der Waals surface area (Å²) in [5, 5.41) is 8.06. The van der Waals surface area contributed by atoms with E-state index in [9.17, 15) is 4.79 Å². The van der Waals surface area contributed by atoms with E-state index in [-0.39, 0.29) is 12.5 Å². The average Bonchev–Trinajstić information content (AvgIpc) is 3.13. The number of fused-ring (bicyclic) bond motifs is 2. The van der Waals surface area contributed by atoms with E-state index in [1.807, 2.05) is 41.1 Å². The van der Waals surface area contributed by atoms with Gasteiger partial charge in [0, 0.05) is 17.3 Å². The number of rotatable bonds is 3. The van der Waals surface area contributed by atoms with Crippen LogP contribution < -0.4 is 5.32 Å². The zero-order chi connectivity index (χ0) is 14.9. The minimum Gasteiger partial charge on any atom is -0.338 e. The van der Waals surface area contributed by atoms with Crippen LogP contribution in [0, 0.1) is 0 Å². The molecule has 0 unspecified atom stereocenters. The van der Waals surface area contributed by atoms with Crippen LogP contribution in [0.1, 0.15) is 24.1 Å². The maximum atomic E-state index is 12.3. The van der Waals surface area contributed by atoms with Crippen LogP contribution in [0.2, 0.25) is 0 Å². The number of carbonyl (C=O) groups excluding carboxylic acids is 1. The van der Waals surface area contributed by atoms with Crippen LogP contribution in [0.5, 0.6) is 0 Å². The van der Waals surface area contributed by atoms with Gasteiger partial charge in [0.2, 0.25) is 11.8 Å². The Balaban J connectivity index is 1.52. The minimum absolute atomic E-state index is 0.0918. The van der Waals surface area contributed by atoms with Gasteiger partial charge in [0.15, 0.2) is 0 Å². The molecule has 0 atom stereocenters. The lowest BCUT2D eigenvalue weighted by atomic mass is 9.98. The molecule has 5 heteroatoms. The van der Waals surface area contributed by atoms with E-state index in [2.05, 4.69) is 10.5 Å². The molecule has 1 aliphatic rings. The number of amides is 1. The molecule has 0 saturated carbocycles. The topological polar surface area (TPSA) is 60.1 Å². The molecule has 0 saturated heterocycles. The molecule has 4 rings (SSSR count). The highest BCUT2D eigenvalue weighted by atomic mass is 16.5. The molecular weight excluding hydrogens is 278 g/mol. The number of carbonyl (C=O) groups is 1. The standard InChI is InChI=1S/C17H17N3O2/c21-16(11-20-10-9-12-5-1-4-8-15(12)20)18-17-13-6-2-3-7-14(13)19-22-17/h1,4-5,8-10H,2-3,6-7,11H2,(H,18,21). The van der Waals surface area contributed by atoms with E-state index in [0.29, 0.717) is 5.88 Å². The molecule has 5 nitrogen and oxygen atoms in total. The first-order valence-electron chi connectivity index (χ1n) is 7.62. The summed E-state index contributed by atoms with van der Waals surface area (Å²) in [6, 6.07) is 10.0. The molecule has 3 aromatic rings. The lowest BCUT2D eigenvalue weighted by Gasteiger charge is -2.10. The van der Waals surface area contributed by atoms with E-state index in [4.69, 9.17) is 4.52 Å². The fourth-order valence-electron chi connectivity index (χ4n) is 3.09. The zero-order valence-electron chi connectivity index (χ0n) is 12.2. The first-order chi connectivity index (χ1) is 10.8. The van der Waals surface area contributed by atoms with Crippen molar-refractivity contribution < 1.29 is 9.32 Å². The first kappa shape index (κ1) is 13.1. The van der Waals surface area contributed by atoms with Crippen molar-refractivity contribution in [3.8, 4) is 0 Å². The number of anilines is 1. The molecule has 0 fully saturated rings. The van der Waals surface area contributed by atoms with Crippen LogP contribution in [0.4, 0.5) is 5.88 Å². The smallest absolute Gasteiger partial charge is 0.246 e. The molecule has 112 valence electrons. The van der Waals surface area contributed by atoms with Gasteiger partial charge in [-0.1, -0.05) is 23.4 Å². The highest BCUT2D eigenvalue weighted by Crippen LogP contribution is 2.27. The summed E-state index contributed by atoms with van der Waals surface area (Å²) in [5.41, 5.74) is 3.11. The third kappa shape index (κ3) is 2.28. The lowest BCUT2D eigenvalue weighted by Crippen LogP contribution is -2.19. The molecule has 0 spiro atoms. The molecular formula is C17H17N3O2. The third-order valence-electron chi connectivity index (χ3n) is 4.21. The highest BCUT2D eigenvalue weighted by molar-refractivity contribution is 5.91. The fraction of sp³-hybridized carbons (Fsp3) is 0.294. The zero-order valence-corrected chi connectivity index (χ0v) is 12.2. The number of para-hydroxylation sites is 1. The van der Waals surface area contributed by atoms with Gasteiger partial charge in [-0.3, -0.25) is 10.1 Å². The Morgan fingerprint density at radius 1 is 1.23 bits per heavy atom. The second kappa shape index (κ2) is 5.33. The second-order valence-corrected chi connectivity index (χ2v) is 5.69. The van der Waals surface area contributed by atoms with Crippen molar-refractivity contribution in [2.45, 2.75) is 32.2 Å². The van der Waals surface area contributed by atoms with E-state index >= 15 is 0 Å². The van der Waals surface area contributed by atoms with Crippen molar-refractivity contribution in [3.05, 3.63) is 47.8 Å². The van der Waals surface area contributed by atoms with Gasteiger partial charge in [0.05, 0.1) is 5.69 Å². The lowest BCUT2D eigenvalue weighted by molar-refractivity contribution is -0.116. The van der Waals surface area contributed by atoms with Gasteiger partial charge in [0.1, 0.15) is 6.54 Å². The minimum atomic E-state index is -0.0918. The van der Waals surface area contributed by atoms with Crippen molar-refractivity contribution in [2.24, 2.45) is 0 Å². The number of benzene rings is 1. The molecule has 1 amide bonds. The molecule has 1 N–H and O–H groups in total. The van der Waals surface area contributed by atoms with Crippen LogP contribution in [0.3, 0.4) is 0 Å². The Morgan fingerprint density at radius 2 is 2.09 bits per heavy atom. The van der Waals surface area contributed by atoms with Crippen LogP contribution in [-0.2, 0) is 24.2 Å². The van der Waals surface area contributed by atoms with Crippen molar-refractivity contribution in [1.29, 1.82) is 0 Å². The Hall–Kier alpha value is -2.56. The van der Waals surface area contributed by atoms with E-state index in [0.717, 1.165) is 47.8 Å². The van der Waals surface area contributed by atoms with Gasteiger partial charge in [-0.25, -0.2) is 0 Å². The number of nitrogens with zero attached hydrogens (tertiary/aromatic N) is 2. The first-order valence-corrected chi connectivity index (χ1v) is 7.62. The summed E-state index contributed by atoms with van der Waals surface area (Å²) in [7, 11) is 0. The summed E-state index contributed by atoms with van der Waals surface area (Å²) in [4.78, 5) is 12.3. The van der Waals surface area contributed by atoms with E-state index < -0.39 is 0 Å². The molecule has 2 aromatic heterocycles. The van der Waals surface area contributed by atoms with Gasteiger partial charge in [-0.05, 0) is 43.2 Å².